The van der Waals surface area contributed by atoms with Crippen LogP contribution in [0.3, 0.4) is 0 Å². The molecule has 3 aromatic rings. The minimum absolute atomic E-state index is 0.373. The van der Waals surface area contributed by atoms with Crippen LogP contribution in [0.25, 0.3) is 10.8 Å². The summed E-state index contributed by atoms with van der Waals surface area (Å²) in [5.74, 6) is 0. The van der Waals surface area contributed by atoms with Crippen LogP contribution in [0.1, 0.15) is 25.8 Å². The van der Waals surface area contributed by atoms with Gasteiger partial charge in [-0.1, -0.05) is 42.1 Å². The van der Waals surface area contributed by atoms with E-state index in [1.165, 1.54) is 15.7 Å². The van der Waals surface area contributed by atoms with Gasteiger partial charge >= 0.3 is 6.09 Å². The Morgan fingerprint density at radius 2 is 1.96 bits per heavy atom. The number of hydrogen-bond acceptors (Lipinski definition) is 5. The van der Waals surface area contributed by atoms with Crippen LogP contribution in [0.2, 0.25) is 0 Å². The largest absolute Gasteiger partial charge is 0.444 e. The monoisotopic (exact) mass is 372 g/mol. The quantitative estimate of drug-likeness (QED) is 0.659. The molecule has 0 bridgehead atoms. The molecule has 4 nitrogen and oxygen atoms in total. The topological polar surface area (TPSA) is 51.2 Å². The zero-order valence-corrected chi connectivity index (χ0v) is 16.0. The fourth-order valence-corrected chi connectivity index (χ4v) is 4.22. The van der Waals surface area contributed by atoms with Gasteiger partial charge in [0.25, 0.3) is 0 Å². The van der Waals surface area contributed by atoms with E-state index in [-0.39, 0.29) is 0 Å². The molecule has 0 unspecified atom stereocenters. The van der Waals surface area contributed by atoms with Gasteiger partial charge in [-0.25, -0.2) is 9.78 Å². The highest BCUT2D eigenvalue weighted by molar-refractivity contribution is 8.01. The summed E-state index contributed by atoms with van der Waals surface area (Å²) in [6.07, 6.45) is 1.42. The predicted octanol–water partition coefficient (Wildman–Crippen LogP) is 5.47. The Kier molecular flexibility index (Phi) is 5.30. The van der Waals surface area contributed by atoms with Crippen molar-refractivity contribution >= 4 is 40.0 Å². The molecule has 0 aliphatic heterocycles. The van der Waals surface area contributed by atoms with E-state index < -0.39 is 11.7 Å². The maximum Gasteiger partial charge on any atom is 0.408 e. The van der Waals surface area contributed by atoms with Crippen molar-refractivity contribution in [2.75, 3.05) is 0 Å². The second kappa shape index (κ2) is 7.45. The smallest absolute Gasteiger partial charge is 0.408 e. The van der Waals surface area contributed by atoms with Crippen molar-refractivity contribution in [1.82, 2.24) is 10.3 Å². The van der Waals surface area contributed by atoms with E-state index in [0.717, 1.165) is 9.22 Å². The Morgan fingerprint density at radius 3 is 2.72 bits per heavy atom. The third-order valence-electron chi connectivity index (χ3n) is 3.25. The van der Waals surface area contributed by atoms with Crippen LogP contribution in [-0.2, 0) is 11.3 Å². The van der Waals surface area contributed by atoms with Gasteiger partial charge in [-0.05, 0) is 43.7 Å². The fraction of sp³-hybridized carbons (Fsp3) is 0.263. The van der Waals surface area contributed by atoms with Crippen molar-refractivity contribution in [3.63, 3.8) is 0 Å². The molecule has 3 rings (SSSR count). The minimum atomic E-state index is -0.496. The van der Waals surface area contributed by atoms with Crippen LogP contribution in [-0.4, -0.2) is 16.7 Å². The minimum Gasteiger partial charge on any atom is -0.444 e. The highest BCUT2D eigenvalue weighted by Gasteiger charge is 2.16. The van der Waals surface area contributed by atoms with Gasteiger partial charge in [0, 0.05) is 4.90 Å². The van der Waals surface area contributed by atoms with E-state index in [1.54, 1.807) is 23.1 Å². The Labute approximate surface area is 155 Å². The van der Waals surface area contributed by atoms with Crippen LogP contribution >= 0.6 is 23.1 Å². The lowest BCUT2D eigenvalue weighted by molar-refractivity contribution is 0.0523. The second-order valence-electron chi connectivity index (χ2n) is 6.54. The summed E-state index contributed by atoms with van der Waals surface area (Å²) in [6, 6.07) is 14.7. The number of hydrogen-bond donors (Lipinski definition) is 1. The zero-order chi connectivity index (χ0) is 17.9. The Morgan fingerprint density at radius 1 is 1.20 bits per heavy atom. The molecular weight excluding hydrogens is 352 g/mol. The number of carbonyl (C=O) groups is 1. The summed E-state index contributed by atoms with van der Waals surface area (Å²) in [5, 5.41) is 6.05. The maximum atomic E-state index is 11.7. The second-order valence-corrected chi connectivity index (χ2v) is 9.03. The molecule has 0 radical (unpaired) electrons. The Hall–Kier alpha value is -2.05. The average Bonchev–Trinajstić information content (AvgIpc) is 2.99. The lowest BCUT2D eigenvalue weighted by atomic mass is 10.1. The molecule has 1 heterocycles. The van der Waals surface area contributed by atoms with Gasteiger partial charge in [-0.15, -0.1) is 11.3 Å². The molecule has 0 atom stereocenters. The maximum absolute atomic E-state index is 11.7. The van der Waals surface area contributed by atoms with E-state index >= 15 is 0 Å². The number of carbonyl (C=O) groups excluding carboxylic acids is 1. The van der Waals surface area contributed by atoms with E-state index in [4.69, 9.17) is 4.74 Å². The number of thiazole rings is 1. The molecule has 0 saturated carbocycles. The van der Waals surface area contributed by atoms with Gasteiger partial charge in [0.2, 0.25) is 0 Å². The summed E-state index contributed by atoms with van der Waals surface area (Å²) < 4.78 is 6.32. The average molecular weight is 373 g/mol. The molecule has 6 heteroatoms. The Bertz CT molecular complexity index is 884. The number of nitrogens with zero attached hydrogens (tertiary/aromatic N) is 1. The van der Waals surface area contributed by atoms with Gasteiger partial charge in [-0.3, -0.25) is 0 Å². The number of rotatable bonds is 4. The zero-order valence-electron chi connectivity index (χ0n) is 14.4. The van der Waals surface area contributed by atoms with E-state index in [1.807, 2.05) is 39.1 Å². The van der Waals surface area contributed by atoms with Crippen molar-refractivity contribution in [3.05, 3.63) is 53.7 Å². The molecular formula is C19H20N2O2S2. The van der Waals surface area contributed by atoms with Crippen molar-refractivity contribution < 1.29 is 9.53 Å². The number of nitrogens with one attached hydrogen (secondary N) is 1. The SMILES string of the molecule is CC(C)(C)OC(=O)NCc1ncc(Sc2ccc3ccccc3c2)s1. The van der Waals surface area contributed by atoms with E-state index in [0.29, 0.717) is 6.54 Å². The van der Waals surface area contributed by atoms with Crippen LogP contribution in [0, 0.1) is 0 Å². The molecule has 2 aromatic carbocycles. The third kappa shape index (κ3) is 5.21. The lowest BCUT2D eigenvalue weighted by Gasteiger charge is -2.19. The van der Waals surface area contributed by atoms with Crippen molar-refractivity contribution in [2.24, 2.45) is 0 Å². The molecule has 1 N–H and O–H groups in total. The lowest BCUT2D eigenvalue weighted by Crippen LogP contribution is -2.32. The van der Waals surface area contributed by atoms with Crippen LogP contribution in [0.15, 0.2) is 57.8 Å². The predicted molar refractivity (Wildman–Crippen MR) is 103 cm³/mol. The summed E-state index contributed by atoms with van der Waals surface area (Å²) >= 11 is 3.25. The standard InChI is InChI=1S/C19H20N2O2S2/c1-19(2,3)23-18(22)21-11-16-20-12-17(25-16)24-15-9-8-13-6-4-5-7-14(13)10-15/h4-10,12H,11H2,1-3H3,(H,21,22). The number of alkyl carbamates (subject to hydrolysis) is 1. The van der Waals surface area contributed by atoms with Crippen molar-refractivity contribution in [2.45, 2.75) is 42.0 Å². The van der Waals surface area contributed by atoms with Crippen molar-refractivity contribution in [3.8, 4) is 0 Å². The first kappa shape index (κ1) is 17.8. The number of ether oxygens (including phenoxy) is 1. The molecule has 0 spiro atoms. The molecule has 1 aromatic heterocycles. The summed E-state index contributed by atoms with van der Waals surface area (Å²) in [4.78, 5) is 17.2. The molecule has 1 amide bonds. The van der Waals surface area contributed by atoms with E-state index in [9.17, 15) is 4.79 Å². The summed E-state index contributed by atoms with van der Waals surface area (Å²) in [7, 11) is 0. The molecule has 0 aliphatic carbocycles. The number of amides is 1. The summed E-state index contributed by atoms with van der Waals surface area (Å²) in [5.41, 5.74) is -0.496. The molecule has 0 aliphatic rings. The van der Waals surface area contributed by atoms with Crippen LogP contribution < -0.4 is 5.32 Å². The molecule has 0 saturated heterocycles. The molecule has 25 heavy (non-hydrogen) atoms. The highest BCUT2D eigenvalue weighted by atomic mass is 32.2. The summed E-state index contributed by atoms with van der Waals surface area (Å²) in [6.45, 7) is 5.90. The molecule has 0 fully saturated rings. The van der Waals surface area contributed by atoms with E-state index in [2.05, 4.69) is 40.6 Å². The number of benzene rings is 2. The first-order chi connectivity index (χ1) is 11.9. The van der Waals surface area contributed by atoms with Crippen LogP contribution in [0.4, 0.5) is 4.79 Å². The normalized spacial score (nSPS) is 11.5. The van der Waals surface area contributed by atoms with Gasteiger partial charge in [0.1, 0.15) is 10.6 Å². The van der Waals surface area contributed by atoms with Gasteiger partial charge in [0.05, 0.1) is 17.0 Å². The number of aromatic nitrogens is 1. The highest BCUT2D eigenvalue weighted by Crippen LogP contribution is 2.33. The molecule has 130 valence electrons. The first-order valence-electron chi connectivity index (χ1n) is 7.97. The van der Waals surface area contributed by atoms with Crippen molar-refractivity contribution in [1.29, 1.82) is 0 Å². The van der Waals surface area contributed by atoms with Crippen LogP contribution in [0.5, 0.6) is 0 Å². The Balaban J connectivity index is 1.60. The van der Waals surface area contributed by atoms with Gasteiger partial charge < -0.3 is 10.1 Å². The fourth-order valence-electron chi connectivity index (χ4n) is 2.23. The first-order valence-corrected chi connectivity index (χ1v) is 9.60. The number of fused-ring (bicyclic) bond motifs is 1. The van der Waals surface area contributed by atoms with Gasteiger partial charge in [0.15, 0.2) is 0 Å². The van der Waals surface area contributed by atoms with Gasteiger partial charge in [-0.2, -0.15) is 0 Å². The third-order valence-corrected chi connectivity index (χ3v) is 5.34.